The Morgan fingerprint density at radius 2 is 1.64 bits per heavy atom. The van der Waals surface area contributed by atoms with Crippen LogP contribution in [0.5, 0.6) is 0 Å². The van der Waals surface area contributed by atoms with E-state index in [1.165, 1.54) is 13.8 Å². The van der Waals surface area contributed by atoms with Gasteiger partial charge in [-0.05, 0) is 61.1 Å². The van der Waals surface area contributed by atoms with Gasteiger partial charge in [0.05, 0.1) is 54.9 Å². The molecule has 0 spiro atoms. The molecule has 0 aromatic heterocycles. The highest BCUT2D eigenvalue weighted by atomic mass is 16.7. The monoisotopic (exact) mass is 678 g/mol. The van der Waals surface area contributed by atoms with Crippen LogP contribution in [0, 0.1) is 23.7 Å². The first-order chi connectivity index (χ1) is 21.8. The van der Waals surface area contributed by atoms with Crippen molar-refractivity contribution in [1.82, 2.24) is 4.90 Å². The van der Waals surface area contributed by atoms with Crippen LogP contribution < -0.4 is 0 Å². The lowest BCUT2D eigenvalue weighted by Gasteiger charge is -2.47. The van der Waals surface area contributed by atoms with E-state index in [0.29, 0.717) is 18.7 Å². The predicted molar refractivity (Wildman–Crippen MR) is 173 cm³/mol. The van der Waals surface area contributed by atoms with Crippen LogP contribution in [0.1, 0.15) is 74.7 Å². The Bertz CT molecular complexity index is 995. The van der Waals surface area contributed by atoms with E-state index in [1.54, 1.807) is 41.7 Å². The third-order valence-corrected chi connectivity index (χ3v) is 9.85. The Kier molecular flexibility index (Phi) is 16.0. The van der Waals surface area contributed by atoms with Gasteiger partial charge >= 0.3 is 5.97 Å². The van der Waals surface area contributed by atoms with Crippen molar-refractivity contribution in [2.45, 2.75) is 135 Å². The number of hydrogen-bond acceptors (Lipinski definition) is 14. The van der Waals surface area contributed by atoms with Crippen molar-refractivity contribution in [2.75, 3.05) is 41.2 Å². The number of nitrogens with zero attached hydrogens (tertiary/aromatic N) is 2. The maximum absolute atomic E-state index is 13.4. The van der Waals surface area contributed by atoms with Crippen LogP contribution in [0.15, 0.2) is 5.16 Å². The molecule has 0 radical (unpaired) electrons. The second-order valence-corrected chi connectivity index (χ2v) is 14.2. The zero-order valence-corrected chi connectivity index (χ0v) is 30.2. The van der Waals surface area contributed by atoms with Crippen molar-refractivity contribution < 1.29 is 58.8 Å². The fourth-order valence-corrected chi connectivity index (χ4v) is 6.93. The first-order valence-corrected chi connectivity index (χ1v) is 16.7. The molecule has 2 rings (SSSR count). The van der Waals surface area contributed by atoms with E-state index in [1.807, 2.05) is 25.9 Å². The Morgan fingerprint density at radius 1 is 1.00 bits per heavy atom. The Balaban J connectivity index is 2.61. The third kappa shape index (κ3) is 10.5. The van der Waals surface area contributed by atoms with Gasteiger partial charge in [-0.2, -0.15) is 0 Å². The van der Waals surface area contributed by atoms with Gasteiger partial charge in [-0.15, -0.1) is 0 Å². The highest BCUT2D eigenvalue weighted by Crippen LogP contribution is 2.38. The molecule has 2 saturated heterocycles. The van der Waals surface area contributed by atoms with Crippen molar-refractivity contribution >= 4 is 11.7 Å². The first-order valence-electron chi connectivity index (χ1n) is 16.7. The van der Waals surface area contributed by atoms with Crippen LogP contribution in [0.25, 0.3) is 0 Å². The maximum atomic E-state index is 13.4. The molecule has 0 saturated carbocycles. The molecule has 276 valence electrons. The summed E-state index contributed by atoms with van der Waals surface area (Å²) in [6.07, 6.45) is -6.88. The number of carbonyl (C=O) groups excluding carboxylic acids is 1. The molecule has 0 aliphatic carbocycles. The smallest absolute Gasteiger partial charge is 0.311 e. The van der Waals surface area contributed by atoms with E-state index < -0.39 is 77.7 Å². The minimum Gasteiger partial charge on any atom is -0.459 e. The number of cyclic esters (lactones) is 1. The molecule has 5 N–H and O–H groups in total. The number of aliphatic hydroxyl groups excluding tert-OH is 3. The minimum absolute atomic E-state index is 0.00777. The van der Waals surface area contributed by atoms with Gasteiger partial charge in [0.2, 0.25) is 6.79 Å². The van der Waals surface area contributed by atoms with Gasteiger partial charge in [0.15, 0.2) is 6.29 Å². The summed E-state index contributed by atoms with van der Waals surface area (Å²) in [5.74, 6) is -4.17. The summed E-state index contributed by atoms with van der Waals surface area (Å²) in [7, 11) is 5.25. The number of likely N-dealkylation sites (N-methyl/N-ethyl adjacent to an activating group) is 1. The van der Waals surface area contributed by atoms with Gasteiger partial charge in [0.25, 0.3) is 0 Å². The van der Waals surface area contributed by atoms with Crippen LogP contribution in [-0.2, 0) is 33.3 Å². The van der Waals surface area contributed by atoms with E-state index in [2.05, 4.69) is 5.16 Å². The van der Waals surface area contributed by atoms with Crippen LogP contribution in [0.4, 0.5) is 0 Å². The second-order valence-electron chi connectivity index (χ2n) is 14.2. The highest BCUT2D eigenvalue weighted by molar-refractivity contribution is 5.88. The van der Waals surface area contributed by atoms with Gasteiger partial charge < -0.3 is 59.0 Å². The number of oxime groups is 1. The maximum Gasteiger partial charge on any atom is 0.311 e. The minimum atomic E-state index is -1.91. The average molecular weight is 679 g/mol. The average Bonchev–Trinajstić information content (AvgIpc) is 3.00. The Morgan fingerprint density at radius 3 is 2.21 bits per heavy atom. The summed E-state index contributed by atoms with van der Waals surface area (Å²) in [6, 6.07) is -0.289. The second kappa shape index (κ2) is 18.0. The molecule has 2 fully saturated rings. The molecule has 0 bridgehead atoms. The number of methoxy groups -OCH3 is 1. The highest BCUT2D eigenvalue weighted by Gasteiger charge is 2.51. The van der Waals surface area contributed by atoms with Crippen LogP contribution in [-0.4, -0.2) is 143 Å². The summed E-state index contributed by atoms with van der Waals surface area (Å²) in [6.45, 7) is 13.5. The lowest BCUT2D eigenvalue weighted by atomic mass is 9.73. The first kappa shape index (κ1) is 41.7. The van der Waals surface area contributed by atoms with Crippen molar-refractivity contribution in [3.8, 4) is 0 Å². The number of ether oxygens (including phenoxy) is 5. The van der Waals surface area contributed by atoms with E-state index in [0.717, 1.165) is 0 Å². The molecule has 2 aliphatic heterocycles. The number of hydrogen-bond donors (Lipinski definition) is 5. The molecule has 0 amide bonds. The van der Waals surface area contributed by atoms with Crippen LogP contribution in [0.3, 0.4) is 0 Å². The SMILES string of the molecule is CC[C@H]1OC(=O)[C@H](C)[C@@H](O)[C@H](C)[C@@H](O[C@@H]2OC(C)C[C@@H](N(C)C)C2O)[C@](C)(O)C[C@@H](C)/C(=N\OCOCCOC)[C@H](C)[C@@H](O)[C@]1(C)O. The lowest BCUT2D eigenvalue weighted by molar-refractivity contribution is -0.298. The lowest BCUT2D eigenvalue weighted by Crippen LogP contribution is -2.60. The molecule has 2 aliphatic rings. The summed E-state index contributed by atoms with van der Waals surface area (Å²) in [5.41, 5.74) is -3.32. The molecule has 47 heavy (non-hydrogen) atoms. The van der Waals surface area contributed by atoms with E-state index in [9.17, 15) is 30.3 Å². The van der Waals surface area contributed by atoms with Gasteiger partial charge in [0.1, 0.15) is 17.8 Å². The summed E-state index contributed by atoms with van der Waals surface area (Å²) in [5, 5.41) is 62.4. The molecule has 14 heteroatoms. The largest absolute Gasteiger partial charge is 0.459 e. The molecule has 0 aromatic carbocycles. The topological polar surface area (TPSA) is 189 Å². The summed E-state index contributed by atoms with van der Waals surface area (Å²) < 4.78 is 28.5. The molecule has 14 atom stereocenters. The van der Waals surface area contributed by atoms with Gasteiger partial charge in [-0.25, -0.2) is 0 Å². The van der Waals surface area contributed by atoms with E-state index in [-0.39, 0.29) is 38.4 Å². The van der Waals surface area contributed by atoms with E-state index >= 15 is 0 Å². The Hall–Kier alpha value is -1.46. The third-order valence-electron chi connectivity index (χ3n) is 9.85. The van der Waals surface area contributed by atoms with Crippen LogP contribution in [0.2, 0.25) is 0 Å². The molecular formula is C33H62N2O12. The van der Waals surface area contributed by atoms with Crippen molar-refractivity contribution in [3.63, 3.8) is 0 Å². The molecule has 2 heterocycles. The zero-order valence-electron chi connectivity index (χ0n) is 30.2. The van der Waals surface area contributed by atoms with Gasteiger partial charge in [0, 0.05) is 30.9 Å². The normalized spacial score (nSPS) is 43.9. The molecule has 0 aromatic rings. The standard InChI is InChI=1S/C33H62N2O12/c1-12-24-33(8,41)28(38)20(4)25(34-44-17-43-14-13-42-11)18(2)16-32(7,40)29(21(5)26(36)22(6)30(39)46-24)47-31-27(37)23(35(9)10)15-19(3)45-31/h18-24,26-29,31,36-38,40-41H,12-17H2,1-11H3/b34-25+/t18-,19?,20+,21+,22-,23-,24-,26+,27?,28-,29-,31+,32-,33-/m1/s1. The molecular weight excluding hydrogens is 616 g/mol. The summed E-state index contributed by atoms with van der Waals surface area (Å²) in [4.78, 5) is 20.8. The van der Waals surface area contributed by atoms with Crippen molar-refractivity contribution in [1.29, 1.82) is 0 Å². The van der Waals surface area contributed by atoms with Crippen molar-refractivity contribution in [3.05, 3.63) is 0 Å². The van der Waals surface area contributed by atoms with Crippen LogP contribution >= 0.6 is 0 Å². The Labute approximate surface area is 280 Å². The number of esters is 1. The fraction of sp³-hybridized carbons (Fsp3) is 0.939. The quantitative estimate of drug-likeness (QED) is 0.0963. The number of aliphatic hydroxyl groups is 5. The van der Waals surface area contributed by atoms with Crippen molar-refractivity contribution in [2.24, 2.45) is 28.8 Å². The summed E-state index contributed by atoms with van der Waals surface area (Å²) >= 11 is 0. The molecule has 14 nitrogen and oxygen atoms in total. The fourth-order valence-electron chi connectivity index (χ4n) is 6.93. The van der Waals surface area contributed by atoms with Gasteiger partial charge in [-0.3, -0.25) is 4.79 Å². The molecule has 2 unspecified atom stereocenters. The number of carbonyl (C=O) groups is 1. The predicted octanol–water partition coefficient (Wildman–Crippen LogP) is 1.28. The van der Waals surface area contributed by atoms with Gasteiger partial charge in [-0.1, -0.05) is 32.9 Å². The number of rotatable bonds is 10. The van der Waals surface area contributed by atoms with E-state index in [4.69, 9.17) is 28.5 Å². The zero-order chi connectivity index (χ0) is 35.9.